The molecule has 0 saturated carbocycles. The molecule has 0 aliphatic heterocycles. The Morgan fingerprint density at radius 2 is 1.83 bits per heavy atom. The van der Waals surface area contributed by atoms with Gasteiger partial charge in [0, 0.05) is 51.2 Å². The van der Waals surface area contributed by atoms with Gasteiger partial charge in [0.25, 0.3) is 0 Å². The summed E-state index contributed by atoms with van der Waals surface area (Å²) < 4.78 is 6.05. The summed E-state index contributed by atoms with van der Waals surface area (Å²) in [5, 5.41) is 9.95. The summed E-state index contributed by atoms with van der Waals surface area (Å²) in [6.07, 6.45) is 5.24. The molecule has 7 heteroatoms. The molecule has 0 atom stereocenters. The molecule has 5 rings (SSSR count). The summed E-state index contributed by atoms with van der Waals surface area (Å²) >= 11 is 0. The molecule has 138 valence electrons. The molecule has 3 aromatic heterocycles. The minimum atomic E-state index is 0.311. The molecule has 5 aromatic rings. The van der Waals surface area contributed by atoms with E-state index in [4.69, 9.17) is 9.95 Å². The first-order chi connectivity index (χ1) is 14.3. The van der Waals surface area contributed by atoms with E-state index >= 15 is 0 Å². The van der Waals surface area contributed by atoms with Gasteiger partial charge in [-0.1, -0.05) is 24.3 Å². The summed E-state index contributed by atoms with van der Waals surface area (Å²) in [6, 6.07) is 19.5. The van der Waals surface area contributed by atoms with E-state index in [1.54, 1.807) is 12.3 Å². The number of nitrogens with one attached hydrogen (secondary N) is 1. The lowest BCUT2D eigenvalue weighted by Gasteiger charge is -2.09. The molecule has 0 amide bonds. The largest absolute Gasteiger partial charge is 0.456 e. The highest BCUT2D eigenvalue weighted by Crippen LogP contribution is 2.34. The highest BCUT2D eigenvalue weighted by Gasteiger charge is 2.11. The number of rotatable bonds is 4. The van der Waals surface area contributed by atoms with Crippen molar-refractivity contribution in [3.63, 3.8) is 0 Å². The normalized spacial score (nSPS) is 10.8. The molecule has 0 radical (unpaired) electrons. The Labute approximate surface area is 165 Å². The zero-order valence-corrected chi connectivity index (χ0v) is 15.1. The Morgan fingerprint density at radius 1 is 0.931 bits per heavy atom. The van der Waals surface area contributed by atoms with Crippen LogP contribution in [0.1, 0.15) is 0 Å². The Bertz CT molecular complexity index is 1370. The maximum Gasteiger partial charge on any atom is 0.137 e. The fraction of sp³-hybridized carbons (Fsp3) is 0. The average Bonchev–Trinajstić information content (AvgIpc) is 3.18. The van der Waals surface area contributed by atoms with Crippen LogP contribution in [-0.4, -0.2) is 9.97 Å². The SMILES string of the molecule is [N-]=[N+]=Nc1cc(Nc2ccc3cncc(-c4cc5ccccc5o4)c3c2)ccn1. The number of anilines is 2. The van der Waals surface area contributed by atoms with Gasteiger partial charge in [-0.3, -0.25) is 9.97 Å². The minimum absolute atomic E-state index is 0.311. The predicted molar refractivity (Wildman–Crippen MR) is 113 cm³/mol. The van der Waals surface area contributed by atoms with Gasteiger partial charge in [0.1, 0.15) is 17.2 Å². The van der Waals surface area contributed by atoms with Crippen LogP contribution in [0.5, 0.6) is 0 Å². The Hall–Kier alpha value is -4.35. The Morgan fingerprint density at radius 3 is 2.72 bits per heavy atom. The molecule has 1 N–H and O–H groups in total. The average molecular weight is 378 g/mol. The second-order valence-electron chi connectivity index (χ2n) is 6.49. The number of hydrogen-bond donors (Lipinski definition) is 1. The van der Waals surface area contributed by atoms with Crippen LogP contribution in [0.25, 0.3) is 43.5 Å². The number of fused-ring (bicyclic) bond motifs is 2. The Balaban J connectivity index is 1.58. The first-order valence-corrected chi connectivity index (χ1v) is 8.95. The number of nitrogens with zero attached hydrogens (tertiary/aromatic N) is 5. The molecular weight excluding hydrogens is 364 g/mol. The molecule has 0 unspecified atom stereocenters. The molecule has 2 aromatic carbocycles. The van der Waals surface area contributed by atoms with E-state index in [1.807, 2.05) is 67.0 Å². The number of furan rings is 1. The monoisotopic (exact) mass is 378 g/mol. The van der Waals surface area contributed by atoms with E-state index < -0.39 is 0 Å². The van der Waals surface area contributed by atoms with E-state index in [1.165, 1.54) is 0 Å². The van der Waals surface area contributed by atoms with Crippen LogP contribution in [0.15, 0.2) is 88.8 Å². The van der Waals surface area contributed by atoms with Crippen molar-refractivity contribution in [3.8, 4) is 11.3 Å². The number of azide groups is 1. The molecule has 0 bridgehead atoms. The quantitative estimate of drug-likeness (QED) is 0.213. The van der Waals surface area contributed by atoms with Crippen LogP contribution < -0.4 is 5.32 Å². The summed E-state index contributed by atoms with van der Waals surface area (Å²) in [5.41, 5.74) is 12.0. The predicted octanol–water partition coefficient (Wildman–Crippen LogP) is 6.73. The molecular formula is C22H14N6O. The van der Waals surface area contributed by atoms with Crippen LogP contribution in [0, 0.1) is 0 Å². The molecule has 29 heavy (non-hydrogen) atoms. The van der Waals surface area contributed by atoms with Crippen molar-refractivity contribution >= 4 is 38.9 Å². The second-order valence-corrected chi connectivity index (χ2v) is 6.49. The van der Waals surface area contributed by atoms with Gasteiger partial charge >= 0.3 is 0 Å². The second kappa shape index (κ2) is 6.99. The number of aromatic nitrogens is 2. The van der Waals surface area contributed by atoms with E-state index in [0.717, 1.165) is 44.4 Å². The highest BCUT2D eigenvalue weighted by molar-refractivity contribution is 5.98. The first-order valence-electron chi connectivity index (χ1n) is 8.95. The van der Waals surface area contributed by atoms with Crippen LogP contribution in [-0.2, 0) is 0 Å². The summed E-state index contributed by atoms with van der Waals surface area (Å²) in [6.45, 7) is 0. The summed E-state index contributed by atoms with van der Waals surface area (Å²) in [7, 11) is 0. The fourth-order valence-corrected chi connectivity index (χ4v) is 3.32. The number of hydrogen-bond acceptors (Lipinski definition) is 5. The molecule has 7 nitrogen and oxygen atoms in total. The smallest absolute Gasteiger partial charge is 0.137 e. The van der Waals surface area contributed by atoms with Gasteiger partial charge in [0.15, 0.2) is 0 Å². The van der Waals surface area contributed by atoms with Gasteiger partial charge in [-0.05, 0) is 52.4 Å². The third kappa shape index (κ3) is 3.22. The lowest BCUT2D eigenvalue weighted by Crippen LogP contribution is -1.91. The van der Waals surface area contributed by atoms with Crippen molar-refractivity contribution in [2.24, 2.45) is 5.11 Å². The van der Waals surface area contributed by atoms with Gasteiger partial charge in [-0.2, -0.15) is 0 Å². The van der Waals surface area contributed by atoms with Crippen molar-refractivity contribution in [2.45, 2.75) is 0 Å². The van der Waals surface area contributed by atoms with E-state index in [-0.39, 0.29) is 0 Å². The highest BCUT2D eigenvalue weighted by atomic mass is 16.3. The van der Waals surface area contributed by atoms with Crippen LogP contribution in [0.3, 0.4) is 0 Å². The zero-order chi connectivity index (χ0) is 19.6. The van der Waals surface area contributed by atoms with Crippen molar-refractivity contribution in [2.75, 3.05) is 5.32 Å². The lowest BCUT2D eigenvalue weighted by molar-refractivity contribution is 0.632. The van der Waals surface area contributed by atoms with Crippen molar-refractivity contribution in [1.29, 1.82) is 0 Å². The van der Waals surface area contributed by atoms with Crippen LogP contribution in [0.2, 0.25) is 0 Å². The van der Waals surface area contributed by atoms with Gasteiger partial charge < -0.3 is 9.73 Å². The number of benzene rings is 2. The Kier molecular flexibility index (Phi) is 4.05. The molecule has 0 aliphatic rings. The third-order valence-corrected chi connectivity index (χ3v) is 4.63. The van der Waals surface area contributed by atoms with E-state index in [0.29, 0.717) is 5.82 Å². The van der Waals surface area contributed by atoms with Gasteiger partial charge in [0.05, 0.1) is 0 Å². The molecule has 0 aliphatic carbocycles. The maximum absolute atomic E-state index is 8.59. The number of para-hydroxylation sites is 1. The topological polar surface area (TPSA) is 99.7 Å². The third-order valence-electron chi connectivity index (χ3n) is 4.63. The first kappa shape index (κ1) is 16.8. The number of pyridine rings is 2. The minimum Gasteiger partial charge on any atom is -0.456 e. The van der Waals surface area contributed by atoms with Crippen molar-refractivity contribution < 1.29 is 4.42 Å². The van der Waals surface area contributed by atoms with Crippen molar-refractivity contribution in [1.82, 2.24) is 9.97 Å². The van der Waals surface area contributed by atoms with Gasteiger partial charge in [0.2, 0.25) is 0 Å². The lowest BCUT2D eigenvalue weighted by atomic mass is 10.0. The van der Waals surface area contributed by atoms with Gasteiger partial charge in [-0.25, -0.2) is 0 Å². The summed E-state index contributed by atoms with van der Waals surface area (Å²) in [5.74, 6) is 1.08. The standard InChI is InChI=1S/C22H14N6O/c23-28-27-22-11-17(7-8-25-22)26-16-6-5-15-12-24-13-19(18(15)10-16)21-9-14-3-1-2-4-20(14)29-21/h1-13H,(H,25,26). The molecule has 0 fully saturated rings. The fourth-order valence-electron chi connectivity index (χ4n) is 3.32. The van der Waals surface area contributed by atoms with E-state index in [9.17, 15) is 0 Å². The van der Waals surface area contributed by atoms with Crippen LogP contribution in [0.4, 0.5) is 17.2 Å². The maximum atomic E-state index is 8.59. The zero-order valence-electron chi connectivity index (χ0n) is 15.1. The van der Waals surface area contributed by atoms with Crippen molar-refractivity contribution in [3.05, 3.63) is 89.7 Å². The summed E-state index contributed by atoms with van der Waals surface area (Å²) in [4.78, 5) is 11.2. The van der Waals surface area contributed by atoms with Crippen LogP contribution >= 0.6 is 0 Å². The van der Waals surface area contributed by atoms with E-state index in [2.05, 4.69) is 25.3 Å². The molecule has 3 heterocycles. The molecule has 0 spiro atoms. The van der Waals surface area contributed by atoms with Gasteiger partial charge in [-0.15, -0.1) is 0 Å². The molecule has 0 saturated heterocycles.